The quantitative estimate of drug-likeness (QED) is 0.883. The fourth-order valence-corrected chi connectivity index (χ4v) is 4.08. The van der Waals surface area contributed by atoms with Gasteiger partial charge in [-0.15, -0.1) is 5.10 Å². The monoisotopic (exact) mass is 360 g/mol. The highest BCUT2D eigenvalue weighted by molar-refractivity contribution is 5.55. The number of anilines is 2. The van der Waals surface area contributed by atoms with Crippen molar-refractivity contribution >= 4 is 11.6 Å². The Hall–Kier alpha value is -2.68. The lowest BCUT2D eigenvalue weighted by molar-refractivity contribution is 0.425. The van der Waals surface area contributed by atoms with Gasteiger partial charge in [0.1, 0.15) is 11.9 Å². The Labute approximate surface area is 159 Å². The van der Waals surface area contributed by atoms with Gasteiger partial charge in [0.2, 0.25) is 0 Å². The molecule has 2 fully saturated rings. The van der Waals surface area contributed by atoms with Crippen LogP contribution in [-0.2, 0) is 12.8 Å². The molecular weight excluding hydrogens is 336 g/mol. The Morgan fingerprint density at radius 2 is 2.00 bits per heavy atom. The fraction of sp³-hybridized carbons (Fsp3) is 0.524. The van der Waals surface area contributed by atoms with Crippen molar-refractivity contribution in [1.82, 2.24) is 15.2 Å². The van der Waals surface area contributed by atoms with E-state index >= 15 is 0 Å². The molecule has 2 aromatic rings. The molecule has 6 nitrogen and oxygen atoms in total. The van der Waals surface area contributed by atoms with Crippen LogP contribution in [0.3, 0.4) is 0 Å². The van der Waals surface area contributed by atoms with Crippen molar-refractivity contribution in [2.45, 2.75) is 44.4 Å². The van der Waals surface area contributed by atoms with Crippen LogP contribution in [0, 0.1) is 17.2 Å². The van der Waals surface area contributed by atoms with E-state index in [0.29, 0.717) is 17.4 Å². The molecule has 2 aromatic heterocycles. The number of fused-ring (bicyclic) bond motifs is 1. The van der Waals surface area contributed by atoms with Crippen LogP contribution in [0.15, 0.2) is 18.2 Å². The first-order chi connectivity index (χ1) is 13.3. The number of nitrogens with zero attached hydrogens (tertiary/aromatic N) is 5. The second-order valence-corrected chi connectivity index (χ2v) is 8.05. The smallest absolute Gasteiger partial charge is 0.151 e. The number of rotatable bonds is 5. The summed E-state index contributed by atoms with van der Waals surface area (Å²) in [6, 6.07) is 8.57. The largest absolute Gasteiger partial charge is 0.369 e. The van der Waals surface area contributed by atoms with Gasteiger partial charge in [0.05, 0.1) is 11.3 Å². The predicted octanol–water partition coefficient (Wildman–Crippen LogP) is 3.05. The molecule has 6 heteroatoms. The molecule has 1 saturated carbocycles. The van der Waals surface area contributed by atoms with Crippen LogP contribution in [0.1, 0.15) is 54.1 Å². The van der Waals surface area contributed by atoms with Gasteiger partial charge in [-0.2, -0.15) is 10.4 Å². The maximum atomic E-state index is 9.46. The standard InChI is InChI=1S/C21H24N6/c22-10-17-9-16-3-1-2-4-18(16)24-21(17)23-11-14-12-27(13-14)20-8-7-19(25-26-20)15-5-6-15/h7-9,14-15H,1-6,11-13H2,(H,23,24). The van der Waals surface area contributed by atoms with Crippen LogP contribution in [-0.4, -0.2) is 34.8 Å². The first-order valence-electron chi connectivity index (χ1n) is 10.1. The topological polar surface area (TPSA) is 77.7 Å². The van der Waals surface area contributed by atoms with E-state index in [0.717, 1.165) is 49.8 Å². The van der Waals surface area contributed by atoms with Crippen molar-refractivity contribution in [3.63, 3.8) is 0 Å². The second-order valence-electron chi connectivity index (χ2n) is 8.05. The van der Waals surface area contributed by atoms with E-state index in [1.54, 1.807) is 0 Å². The molecule has 5 rings (SSSR count). The van der Waals surface area contributed by atoms with E-state index in [4.69, 9.17) is 4.98 Å². The lowest BCUT2D eigenvalue weighted by atomic mass is 9.94. The first-order valence-corrected chi connectivity index (χ1v) is 10.1. The van der Waals surface area contributed by atoms with Gasteiger partial charge in [-0.1, -0.05) is 0 Å². The number of hydrogen-bond donors (Lipinski definition) is 1. The third-order valence-electron chi connectivity index (χ3n) is 5.93. The minimum atomic E-state index is 0.541. The van der Waals surface area contributed by atoms with Crippen LogP contribution >= 0.6 is 0 Å². The van der Waals surface area contributed by atoms with E-state index in [1.807, 2.05) is 6.07 Å². The number of aryl methyl sites for hydroxylation is 2. The first kappa shape index (κ1) is 16.5. The summed E-state index contributed by atoms with van der Waals surface area (Å²) in [6.45, 7) is 2.78. The van der Waals surface area contributed by atoms with E-state index in [1.165, 1.54) is 36.9 Å². The molecular formula is C21H24N6. The molecule has 3 heterocycles. The van der Waals surface area contributed by atoms with Crippen molar-refractivity contribution in [3.8, 4) is 6.07 Å². The molecule has 0 atom stereocenters. The van der Waals surface area contributed by atoms with Gasteiger partial charge in [0.15, 0.2) is 5.82 Å². The van der Waals surface area contributed by atoms with Gasteiger partial charge in [-0.25, -0.2) is 4.98 Å². The lowest BCUT2D eigenvalue weighted by Crippen LogP contribution is -2.50. The molecule has 138 valence electrons. The lowest BCUT2D eigenvalue weighted by Gasteiger charge is -2.40. The normalized spacial score (nSPS) is 19.1. The number of nitriles is 1. The molecule has 3 aliphatic rings. The predicted molar refractivity (Wildman–Crippen MR) is 104 cm³/mol. The van der Waals surface area contributed by atoms with Gasteiger partial charge in [0.25, 0.3) is 0 Å². The Morgan fingerprint density at radius 3 is 2.74 bits per heavy atom. The Kier molecular flexibility index (Phi) is 4.16. The highest BCUT2D eigenvalue weighted by Gasteiger charge is 2.30. The van der Waals surface area contributed by atoms with Crippen molar-refractivity contribution < 1.29 is 0 Å². The molecule has 1 saturated heterocycles. The molecule has 1 N–H and O–H groups in total. The zero-order valence-electron chi connectivity index (χ0n) is 15.5. The summed E-state index contributed by atoms with van der Waals surface area (Å²) < 4.78 is 0. The number of nitrogens with one attached hydrogen (secondary N) is 1. The maximum absolute atomic E-state index is 9.46. The summed E-state index contributed by atoms with van der Waals surface area (Å²) in [5, 5.41) is 21.6. The summed E-state index contributed by atoms with van der Waals surface area (Å²) in [5.74, 6) is 2.92. The van der Waals surface area contributed by atoms with Crippen LogP contribution in [0.4, 0.5) is 11.6 Å². The highest BCUT2D eigenvalue weighted by Crippen LogP contribution is 2.39. The summed E-state index contributed by atoms with van der Waals surface area (Å²) in [5.41, 5.74) is 4.24. The van der Waals surface area contributed by atoms with E-state index in [-0.39, 0.29) is 0 Å². The van der Waals surface area contributed by atoms with Gasteiger partial charge in [-0.05, 0) is 62.3 Å². The number of hydrogen-bond acceptors (Lipinski definition) is 6. The average Bonchev–Trinajstić information content (AvgIpc) is 3.52. The zero-order valence-corrected chi connectivity index (χ0v) is 15.5. The van der Waals surface area contributed by atoms with Crippen LogP contribution < -0.4 is 10.2 Å². The SMILES string of the molecule is N#Cc1cc2c(nc1NCC1CN(c3ccc(C4CC4)nn3)C1)CCCC2. The van der Waals surface area contributed by atoms with Crippen molar-refractivity contribution in [2.24, 2.45) is 5.92 Å². The van der Waals surface area contributed by atoms with Gasteiger partial charge < -0.3 is 10.2 Å². The van der Waals surface area contributed by atoms with Gasteiger partial charge >= 0.3 is 0 Å². The minimum Gasteiger partial charge on any atom is -0.369 e. The number of aromatic nitrogens is 3. The van der Waals surface area contributed by atoms with Crippen molar-refractivity contribution in [1.29, 1.82) is 5.26 Å². The van der Waals surface area contributed by atoms with E-state index in [2.05, 4.69) is 38.6 Å². The summed E-state index contributed by atoms with van der Waals surface area (Å²) >= 11 is 0. The molecule has 0 unspecified atom stereocenters. The molecule has 0 amide bonds. The Morgan fingerprint density at radius 1 is 1.15 bits per heavy atom. The second kappa shape index (κ2) is 6.80. The summed E-state index contributed by atoms with van der Waals surface area (Å²) in [6.07, 6.45) is 7.00. The summed E-state index contributed by atoms with van der Waals surface area (Å²) in [7, 11) is 0. The molecule has 1 aliphatic heterocycles. The van der Waals surface area contributed by atoms with E-state index in [9.17, 15) is 5.26 Å². The Balaban J connectivity index is 1.18. The molecule has 2 aliphatic carbocycles. The van der Waals surface area contributed by atoms with Gasteiger partial charge in [0, 0.05) is 37.2 Å². The molecule has 0 radical (unpaired) electrons. The highest BCUT2D eigenvalue weighted by atomic mass is 15.3. The van der Waals surface area contributed by atoms with Crippen LogP contribution in [0.2, 0.25) is 0 Å². The van der Waals surface area contributed by atoms with Gasteiger partial charge in [-0.3, -0.25) is 0 Å². The number of pyridine rings is 1. The third-order valence-corrected chi connectivity index (χ3v) is 5.93. The van der Waals surface area contributed by atoms with Crippen molar-refractivity contribution in [3.05, 3.63) is 40.7 Å². The third kappa shape index (κ3) is 3.34. The molecule has 27 heavy (non-hydrogen) atoms. The van der Waals surface area contributed by atoms with Crippen LogP contribution in [0.25, 0.3) is 0 Å². The minimum absolute atomic E-state index is 0.541. The van der Waals surface area contributed by atoms with Crippen molar-refractivity contribution in [2.75, 3.05) is 29.9 Å². The Bertz CT molecular complexity index is 875. The molecule has 0 aromatic carbocycles. The fourth-order valence-electron chi connectivity index (χ4n) is 4.08. The maximum Gasteiger partial charge on any atom is 0.151 e. The molecule has 0 spiro atoms. The molecule has 0 bridgehead atoms. The van der Waals surface area contributed by atoms with Crippen LogP contribution in [0.5, 0.6) is 0 Å². The zero-order chi connectivity index (χ0) is 18.2. The average molecular weight is 360 g/mol. The van der Waals surface area contributed by atoms with E-state index < -0.39 is 0 Å². The summed E-state index contributed by atoms with van der Waals surface area (Å²) in [4.78, 5) is 7.02.